The standard InChI is InChI=1S/C18H16Cl2N2O3S/c1-4-22-15-13(24-2)5-6-14(25-3)16(15)26-18(22)21-17(23)10-7-11(19)9-12(20)8-10/h5-9H,4H2,1-3H3. The molecule has 3 rings (SSSR count). The van der Waals surface area contributed by atoms with Crippen molar-refractivity contribution in [1.82, 2.24) is 4.57 Å². The van der Waals surface area contributed by atoms with Gasteiger partial charge in [0, 0.05) is 22.2 Å². The Hall–Kier alpha value is -2.02. The van der Waals surface area contributed by atoms with Gasteiger partial charge in [0.25, 0.3) is 5.91 Å². The topological polar surface area (TPSA) is 52.8 Å². The van der Waals surface area contributed by atoms with Gasteiger partial charge in [0.05, 0.1) is 14.2 Å². The molecule has 8 heteroatoms. The van der Waals surface area contributed by atoms with Crippen molar-refractivity contribution in [3.05, 3.63) is 50.7 Å². The van der Waals surface area contributed by atoms with Gasteiger partial charge >= 0.3 is 0 Å². The number of carbonyl (C=O) groups excluding carboxylic acids is 1. The van der Waals surface area contributed by atoms with Crippen molar-refractivity contribution in [3.8, 4) is 11.5 Å². The predicted octanol–water partition coefficient (Wildman–Crippen LogP) is 4.79. The van der Waals surface area contributed by atoms with Crippen LogP contribution in [0.3, 0.4) is 0 Å². The molecule has 0 spiro atoms. The normalized spacial score (nSPS) is 11.8. The Labute approximate surface area is 164 Å². The Morgan fingerprint density at radius 1 is 1.12 bits per heavy atom. The maximum absolute atomic E-state index is 12.6. The lowest BCUT2D eigenvalue weighted by Crippen LogP contribution is -2.16. The fraction of sp³-hybridized carbons (Fsp3) is 0.222. The molecule has 0 fully saturated rings. The second-order valence-electron chi connectivity index (χ2n) is 5.35. The molecular formula is C18H16Cl2N2O3S. The number of ether oxygens (including phenoxy) is 2. The summed E-state index contributed by atoms with van der Waals surface area (Å²) in [5, 5.41) is 0.776. The fourth-order valence-corrected chi connectivity index (χ4v) is 4.39. The minimum Gasteiger partial charge on any atom is -0.495 e. The van der Waals surface area contributed by atoms with Crippen LogP contribution in [-0.2, 0) is 6.54 Å². The summed E-state index contributed by atoms with van der Waals surface area (Å²) in [6.45, 7) is 2.59. The minimum absolute atomic E-state index is 0.335. The molecule has 0 unspecified atom stereocenters. The lowest BCUT2D eigenvalue weighted by atomic mass is 10.2. The first-order valence-electron chi connectivity index (χ1n) is 7.78. The smallest absolute Gasteiger partial charge is 0.279 e. The maximum Gasteiger partial charge on any atom is 0.279 e. The number of thiazole rings is 1. The van der Waals surface area contributed by atoms with Crippen molar-refractivity contribution < 1.29 is 14.3 Å². The number of rotatable bonds is 4. The van der Waals surface area contributed by atoms with E-state index in [1.165, 1.54) is 11.3 Å². The molecule has 1 amide bonds. The van der Waals surface area contributed by atoms with Crippen LogP contribution in [0.15, 0.2) is 35.3 Å². The first kappa shape index (κ1) is 18.8. The van der Waals surface area contributed by atoms with E-state index in [2.05, 4.69) is 4.99 Å². The van der Waals surface area contributed by atoms with Crippen LogP contribution in [0.5, 0.6) is 11.5 Å². The highest BCUT2D eigenvalue weighted by Crippen LogP contribution is 2.35. The van der Waals surface area contributed by atoms with Crippen molar-refractivity contribution >= 4 is 50.7 Å². The van der Waals surface area contributed by atoms with E-state index in [9.17, 15) is 4.79 Å². The molecule has 136 valence electrons. The third kappa shape index (κ3) is 3.45. The highest BCUT2D eigenvalue weighted by molar-refractivity contribution is 7.16. The molecule has 0 radical (unpaired) electrons. The van der Waals surface area contributed by atoms with Crippen LogP contribution in [0.4, 0.5) is 0 Å². The SMILES string of the molecule is CCn1c(=NC(=O)c2cc(Cl)cc(Cl)c2)sc2c(OC)ccc(OC)c21. The Balaban J connectivity index is 2.24. The van der Waals surface area contributed by atoms with E-state index < -0.39 is 5.91 Å². The molecule has 0 N–H and O–H groups in total. The Kier molecular flexibility index (Phi) is 5.55. The number of methoxy groups -OCH3 is 2. The third-order valence-electron chi connectivity index (χ3n) is 3.82. The van der Waals surface area contributed by atoms with Crippen LogP contribution in [0.2, 0.25) is 10.0 Å². The highest BCUT2D eigenvalue weighted by Gasteiger charge is 2.16. The van der Waals surface area contributed by atoms with Gasteiger partial charge in [0.1, 0.15) is 21.7 Å². The molecule has 0 saturated heterocycles. The van der Waals surface area contributed by atoms with Crippen LogP contribution in [0, 0.1) is 0 Å². The van der Waals surface area contributed by atoms with Crippen molar-refractivity contribution in [2.45, 2.75) is 13.5 Å². The molecule has 1 aromatic heterocycles. The number of carbonyl (C=O) groups is 1. The summed E-state index contributed by atoms with van der Waals surface area (Å²) in [5.41, 5.74) is 1.18. The second kappa shape index (κ2) is 7.70. The van der Waals surface area contributed by atoms with Crippen LogP contribution in [-0.4, -0.2) is 24.7 Å². The lowest BCUT2D eigenvalue weighted by molar-refractivity contribution is 0.0998. The van der Waals surface area contributed by atoms with Gasteiger partial charge in [-0.3, -0.25) is 4.79 Å². The van der Waals surface area contributed by atoms with Gasteiger partial charge in [-0.25, -0.2) is 0 Å². The van der Waals surface area contributed by atoms with Crippen molar-refractivity contribution in [2.75, 3.05) is 14.2 Å². The minimum atomic E-state index is -0.416. The fourth-order valence-electron chi connectivity index (χ4n) is 2.66. The zero-order valence-corrected chi connectivity index (χ0v) is 16.7. The summed E-state index contributed by atoms with van der Waals surface area (Å²) in [4.78, 5) is 17.5. The zero-order valence-electron chi connectivity index (χ0n) is 14.4. The molecule has 0 aliphatic carbocycles. The molecule has 3 aromatic rings. The van der Waals surface area contributed by atoms with Crippen LogP contribution in [0.25, 0.3) is 10.2 Å². The maximum atomic E-state index is 12.6. The number of nitrogens with zero attached hydrogens (tertiary/aromatic N) is 2. The first-order valence-corrected chi connectivity index (χ1v) is 9.35. The predicted molar refractivity (Wildman–Crippen MR) is 105 cm³/mol. The van der Waals surface area contributed by atoms with Crippen molar-refractivity contribution in [2.24, 2.45) is 4.99 Å². The van der Waals surface area contributed by atoms with Gasteiger partial charge in [-0.1, -0.05) is 34.5 Å². The molecule has 0 saturated carbocycles. The third-order valence-corrected chi connectivity index (χ3v) is 5.34. The van der Waals surface area contributed by atoms with E-state index in [0.717, 1.165) is 10.2 Å². The van der Waals surface area contributed by atoms with E-state index in [-0.39, 0.29) is 0 Å². The summed E-state index contributed by atoms with van der Waals surface area (Å²) in [6.07, 6.45) is 0. The van der Waals surface area contributed by atoms with Crippen molar-refractivity contribution in [3.63, 3.8) is 0 Å². The van der Waals surface area contributed by atoms with Gasteiger partial charge in [-0.05, 0) is 37.3 Å². The largest absolute Gasteiger partial charge is 0.495 e. The molecule has 26 heavy (non-hydrogen) atoms. The molecule has 0 aliphatic heterocycles. The monoisotopic (exact) mass is 410 g/mol. The van der Waals surface area contributed by atoms with E-state index in [1.54, 1.807) is 32.4 Å². The van der Waals surface area contributed by atoms with Gasteiger partial charge < -0.3 is 14.0 Å². The number of amides is 1. The van der Waals surface area contributed by atoms with Crippen LogP contribution >= 0.6 is 34.5 Å². The number of fused-ring (bicyclic) bond motifs is 1. The van der Waals surface area contributed by atoms with E-state index >= 15 is 0 Å². The summed E-state index contributed by atoms with van der Waals surface area (Å²) in [7, 11) is 3.21. The van der Waals surface area contributed by atoms with Crippen LogP contribution in [0.1, 0.15) is 17.3 Å². The average Bonchev–Trinajstić information content (AvgIpc) is 2.98. The first-order chi connectivity index (χ1) is 12.5. The summed E-state index contributed by atoms with van der Waals surface area (Å²) < 4.78 is 13.7. The lowest BCUT2D eigenvalue weighted by Gasteiger charge is -2.08. The second-order valence-corrected chi connectivity index (χ2v) is 7.20. The molecular weight excluding hydrogens is 395 g/mol. The molecule has 0 bridgehead atoms. The van der Waals surface area contributed by atoms with Gasteiger partial charge in [0.2, 0.25) is 0 Å². The number of halogens is 2. The summed E-state index contributed by atoms with van der Waals surface area (Å²) in [6, 6.07) is 8.33. The molecule has 1 heterocycles. The zero-order chi connectivity index (χ0) is 18.8. The molecule has 0 atom stereocenters. The Morgan fingerprint density at radius 3 is 2.31 bits per heavy atom. The van der Waals surface area contributed by atoms with E-state index in [1.807, 2.05) is 23.6 Å². The highest BCUT2D eigenvalue weighted by atomic mass is 35.5. The number of hydrogen-bond acceptors (Lipinski definition) is 4. The quantitative estimate of drug-likeness (QED) is 0.621. The Morgan fingerprint density at radius 2 is 1.73 bits per heavy atom. The number of aromatic nitrogens is 1. The average molecular weight is 411 g/mol. The molecule has 5 nitrogen and oxygen atoms in total. The van der Waals surface area contributed by atoms with Gasteiger partial charge in [-0.2, -0.15) is 4.99 Å². The molecule has 0 aliphatic rings. The summed E-state index contributed by atoms with van der Waals surface area (Å²) >= 11 is 13.3. The number of hydrogen-bond donors (Lipinski definition) is 0. The summed E-state index contributed by atoms with van der Waals surface area (Å²) in [5.74, 6) is 0.979. The van der Waals surface area contributed by atoms with Crippen LogP contribution < -0.4 is 14.3 Å². The number of benzene rings is 2. The number of aryl methyl sites for hydroxylation is 1. The van der Waals surface area contributed by atoms with E-state index in [0.29, 0.717) is 38.5 Å². The molecule has 2 aromatic carbocycles. The van der Waals surface area contributed by atoms with Gasteiger partial charge in [-0.15, -0.1) is 0 Å². The van der Waals surface area contributed by atoms with E-state index in [4.69, 9.17) is 32.7 Å². The van der Waals surface area contributed by atoms with Crippen molar-refractivity contribution in [1.29, 1.82) is 0 Å². The Bertz CT molecular complexity index is 1040. The van der Waals surface area contributed by atoms with Gasteiger partial charge in [0.15, 0.2) is 4.80 Å².